The van der Waals surface area contributed by atoms with Crippen LogP contribution in [-0.4, -0.2) is 38.8 Å². The fourth-order valence-corrected chi connectivity index (χ4v) is 2.08. The molecule has 0 radical (unpaired) electrons. The van der Waals surface area contributed by atoms with Crippen LogP contribution in [0.1, 0.15) is 12.8 Å². The van der Waals surface area contributed by atoms with Crippen LogP contribution in [0.2, 0.25) is 0 Å². The molecule has 0 aliphatic carbocycles. The monoisotopic (exact) mass is 250 g/mol. The number of likely N-dealkylation sites (tertiary alicyclic amines) is 1. The molecule has 1 fully saturated rings. The van der Waals surface area contributed by atoms with E-state index in [0.29, 0.717) is 5.75 Å². The number of esters is 1. The van der Waals surface area contributed by atoms with Gasteiger partial charge < -0.3 is 14.4 Å². The first kappa shape index (κ1) is 12.9. The number of piperidine rings is 1. The minimum atomic E-state index is -0.275. The van der Waals surface area contributed by atoms with Crippen LogP contribution in [0.25, 0.3) is 0 Å². The molecular formula is C14H20NO3+. The minimum Gasteiger partial charge on any atom is -0.482 e. The van der Waals surface area contributed by atoms with Crippen molar-refractivity contribution in [3.8, 4) is 5.75 Å². The summed E-state index contributed by atoms with van der Waals surface area (Å²) < 4.78 is 10.7. The van der Waals surface area contributed by atoms with E-state index in [2.05, 4.69) is 7.05 Å². The minimum absolute atomic E-state index is 0.0107. The van der Waals surface area contributed by atoms with Gasteiger partial charge in [0.2, 0.25) is 0 Å². The lowest BCUT2D eigenvalue weighted by Gasteiger charge is -2.26. The molecule has 0 aromatic heterocycles. The molecule has 0 unspecified atom stereocenters. The fraction of sp³-hybridized carbons (Fsp3) is 0.500. The number of nitrogens with one attached hydrogen (secondary N) is 1. The van der Waals surface area contributed by atoms with Crippen LogP contribution in [0.5, 0.6) is 5.75 Å². The third kappa shape index (κ3) is 4.04. The smallest absolute Gasteiger partial charge is 0.344 e. The molecule has 18 heavy (non-hydrogen) atoms. The van der Waals surface area contributed by atoms with Crippen molar-refractivity contribution in [3.63, 3.8) is 0 Å². The van der Waals surface area contributed by atoms with Gasteiger partial charge in [-0.25, -0.2) is 4.79 Å². The van der Waals surface area contributed by atoms with Crippen LogP contribution < -0.4 is 9.64 Å². The zero-order valence-corrected chi connectivity index (χ0v) is 10.7. The van der Waals surface area contributed by atoms with Gasteiger partial charge >= 0.3 is 5.97 Å². The van der Waals surface area contributed by atoms with Crippen molar-refractivity contribution < 1.29 is 19.2 Å². The highest BCUT2D eigenvalue weighted by atomic mass is 16.6. The Hall–Kier alpha value is -1.55. The number of hydrogen-bond acceptors (Lipinski definition) is 3. The number of ether oxygens (including phenoxy) is 2. The van der Waals surface area contributed by atoms with Gasteiger partial charge in [0.15, 0.2) is 6.61 Å². The Morgan fingerprint density at radius 2 is 1.94 bits per heavy atom. The number of rotatable bonds is 4. The SMILES string of the molecule is C[NH+]1CCC(OC(=O)COc2ccccc2)CC1. The largest absolute Gasteiger partial charge is 0.482 e. The van der Waals surface area contributed by atoms with Gasteiger partial charge in [-0.05, 0) is 12.1 Å². The van der Waals surface area contributed by atoms with Crippen molar-refractivity contribution >= 4 is 5.97 Å². The second kappa shape index (κ2) is 6.40. The van der Waals surface area contributed by atoms with Crippen LogP contribution in [-0.2, 0) is 9.53 Å². The van der Waals surface area contributed by atoms with E-state index in [1.165, 1.54) is 4.90 Å². The van der Waals surface area contributed by atoms with E-state index in [-0.39, 0.29) is 18.7 Å². The van der Waals surface area contributed by atoms with Crippen LogP contribution in [0, 0.1) is 0 Å². The number of quaternary nitrogens is 1. The van der Waals surface area contributed by atoms with E-state index < -0.39 is 0 Å². The zero-order valence-electron chi connectivity index (χ0n) is 10.7. The predicted octanol–water partition coefficient (Wildman–Crippen LogP) is 0.286. The van der Waals surface area contributed by atoms with Crippen LogP contribution >= 0.6 is 0 Å². The molecule has 0 spiro atoms. The van der Waals surface area contributed by atoms with Gasteiger partial charge in [0.25, 0.3) is 0 Å². The summed E-state index contributed by atoms with van der Waals surface area (Å²) in [6.45, 7) is 2.12. The van der Waals surface area contributed by atoms with Crippen molar-refractivity contribution in [2.75, 3.05) is 26.7 Å². The lowest BCUT2D eigenvalue weighted by atomic mass is 10.1. The quantitative estimate of drug-likeness (QED) is 0.781. The van der Waals surface area contributed by atoms with Gasteiger partial charge in [-0.1, -0.05) is 18.2 Å². The summed E-state index contributed by atoms with van der Waals surface area (Å²) in [6, 6.07) is 9.31. The van der Waals surface area contributed by atoms with Crippen LogP contribution in [0.4, 0.5) is 0 Å². The topological polar surface area (TPSA) is 40.0 Å². The first-order valence-electron chi connectivity index (χ1n) is 6.42. The highest BCUT2D eigenvalue weighted by Gasteiger charge is 2.22. The molecule has 4 heteroatoms. The molecule has 0 atom stereocenters. The third-order valence-electron chi connectivity index (χ3n) is 3.18. The highest BCUT2D eigenvalue weighted by Crippen LogP contribution is 2.09. The summed E-state index contributed by atoms with van der Waals surface area (Å²) in [7, 11) is 2.16. The van der Waals surface area contributed by atoms with Crippen molar-refractivity contribution in [1.82, 2.24) is 0 Å². The number of carbonyl (C=O) groups is 1. The van der Waals surface area contributed by atoms with Crippen molar-refractivity contribution in [1.29, 1.82) is 0 Å². The Bertz CT molecular complexity index is 372. The molecule has 1 saturated heterocycles. The molecule has 1 aliphatic rings. The number of benzene rings is 1. The Labute approximate surface area is 107 Å². The molecule has 4 nitrogen and oxygen atoms in total. The summed E-state index contributed by atoms with van der Waals surface area (Å²) in [4.78, 5) is 13.1. The van der Waals surface area contributed by atoms with E-state index >= 15 is 0 Å². The Balaban J connectivity index is 1.69. The zero-order chi connectivity index (χ0) is 12.8. The van der Waals surface area contributed by atoms with Gasteiger partial charge in [0.05, 0.1) is 20.1 Å². The number of para-hydroxylation sites is 1. The summed E-state index contributed by atoms with van der Waals surface area (Å²) in [5.41, 5.74) is 0. The van der Waals surface area contributed by atoms with Gasteiger partial charge in [0.1, 0.15) is 11.9 Å². The average Bonchev–Trinajstić information content (AvgIpc) is 2.40. The van der Waals surface area contributed by atoms with Gasteiger partial charge in [-0.15, -0.1) is 0 Å². The second-order valence-corrected chi connectivity index (χ2v) is 4.75. The Kier molecular flexibility index (Phi) is 4.59. The van der Waals surface area contributed by atoms with Crippen LogP contribution in [0.3, 0.4) is 0 Å². The van der Waals surface area contributed by atoms with Crippen LogP contribution in [0.15, 0.2) is 30.3 Å². The third-order valence-corrected chi connectivity index (χ3v) is 3.18. The van der Waals surface area contributed by atoms with Crippen molar-refractivity contribution in [2.24, 2.45) is 0 Å². The Morgan fingerprint density at radius 1 is 1.28 bits per heavy atom. The summed E-state index contributed by atoms with van der Waals surface area (Å²) >= 11 is 0. The molecule has 98 valence electrons. The molecule has 1 aliphatic heterocycles. The maximum Gasteiger partial charge on any atom is 0.344 e. The summed E-state index contributed by atoms with van der Waals surface area (Å²) in [6.07, 6.45) is 1.96. The van der Waals surface area contributed by atoms with E-state index in [4.69, 9.17) is 9.47 Å². The lowest BCUT2D eigenvalue weighted by molar-refractivity contribution is -0.885. The van der Waals surface area contributed by atoms with E-state index in [0.717, 1.165) is 25.9 Å². The molecule has 1 heterocycles. The molecule has 0 bridgehead atoms. The van der Waals surface area contributed by atoms with E-state index in [9.17, 15) is 4.79 Å². The number of hydrogen-bond donors (Lipinski definition) is 1. The standard InChI is InChI=1S/C14H19NO3/c1-15-9-7-13(8-10-15)18-14(16)11-17-12-5-3-2-4-6-12/h2-6,13H,7-11H2,1H3/p+1. The molecule has 0 saturated carbocycles. The molecule has 1 N–H and O–H groups in total. The summed E-state index contributed by atoms with van der Waals surface area (Å²) in [5.74, 6) is 0.422. The maximum absolute atomic E-state index is 11.6. The van der Waals surface area contributed by atoms with Gasteiger partial charge in [-0.3, -0.25) is 0 Å². The van der Waals surface area contributed by atoms with Gasteiger partial charge in [0, 0.05) is 12.8 Å². The van der Waals surface area contributed by atoms with E-state index in [1.807, 2.05) is 30.3 Å². The molecule has 0 amide bonds. The second-order valence-electron chi connectivity index (χ2n) is 4.75. The maximum atomic E-state index is 11.6. The molecule has 1 aromatic carbocycles. The average molecular weight is 250 g/mol. The van der Waals surface area contributed by atoms with E-state index in [1.54, 1.807) is 0 Å². The summed E-state index contributed by atoms with van der Waals surface area (Å²) in [5, 5.41) is 0. The molecule has 1 aromatic rings. The van der Waals surface area contributed by atoms with Crippen molar-refractivity contribution in [3.05, 3.63) is 30.3 Å². The molecule has 2 rings (SSSR count). The fourth-order valence-electron chi connectivity index (χ4n) is 2.08. The normalized spacial score (nSPS) is 23.4. The molecular weight excluding hydrogens is 230 g/mol. The Morgan fingerprint density at radius 3 is 2.61 bits per heavy atom. The van der Waals surface area contributed by atoms with Crippen molar-refractivity contribution in [2.45, 2.75) is 18.9 Å². The lowest BCUT2D eigenvalue weighted by Crippen LogP contribution is -3.10. The van der Waals surface area contributed by atoms with Gasteiger partial charge in [-0.2, -0.15) is 0 Å². The number of carbonyl (C=O) groups excluding carboxylic acids is 1. The first-order valence-corrected chi connectivity index (χ1v) is 6.42. The highest BCUT2D eigenvalue weighted by molar-refractivity contribution is 5.71. The predicted molar refractivity (Wildman–Crippen MR) is 67.7 cm³/mol. The first-order chi connectivity index (χ1) is 8.74.